The zero-order chi connectivity index (χ0) is 15.6. The standard InChI is InChI=1S/C14H13ClN2O3S/c1-21(19,20)11-4-2-3-9(7-11)14(18)17-13-8-10(16)5-6-12(13)15/h2-8H,16H2,1H3,(H,17,18). The van der Waals surface area contributed by atoms with Crippen molar-refractivity contribution in [1.29, 1.82) is 0 Å². The fraction of sp³-hybridized carbons (Fsp3) is 0.0714. The van der Waals surface area contributed by atoms with Gasteiger partial charge in [0.15, 0.2) is 9.84 Å². The summed E-state index contributed by atoms with van der Waals surface area (Å²) in [7, 11) is -3.37. The first kappa shape index (κ1) is 15.3. The molecule has 2 aromatic carbocycles. The van der Waals surface area contributed by atoms with Crippen LogP contribution in [0.1, 0.15) is 10.4 Å². The van der Waals surface area contributed by atoms with Gasteiger partial charge in [0.1, 0.15) is 0 Å². The summed E-state index contributed by atoms with van der Waals surface area (Å²) in [6.07, 6.45) is 1.08. The van der Waals surface area contributed by atoms with E-state index in [9.17, 15) is 13.2 Å². The zero-order valence-electron chi connectivity index (χ0n) is 11.1. The minimum atomic E-state index is -3.37. The molecule has 0 unspecified atom stereocenters. The van der Waals surface area contributed by atoms with Crippen molar-refractivity contribution in [1.82, 2.24) is 0 Å². The Kier molecular flexibility index (Phi) is 4.20. The van der Waals surface area contributed by atoms with Gasteiger partial charge in [-0.25, -0.2) is 8.42 Å². The predicted molar refractivity (Wildman–Crippen MR) is 83.4 cm³/mol. The van der Waals surface area contributed by atoms with E-state index in [1.807, 2.05) is 0 Å². The van der Waals surface area contributed by atoms with Gasteiger partial charge < -0.3 is 11.1 Å². The van der Waals surface area contributed by atoms with Gasteiger partial charge in [0.25, 0.3) is 5.91 Å². The topological polar surface area (TPSA) is 89.3 Å². The van der Waals surface area contributed by atoms with Crippen molar-refractivity contribution >= 4 is 38.7 Å². The van der Waals surface area contributed by atoms with Crippen molar-refractivity contribution in [2.75, 3.05) is 17.3 Å². The minimum absolute atomic E-state index is 0.0776. The number of carbonyl (C=O) groups excluding carboxylic acids is 1. The van der Waals surface area contributed by atoms with Crippen LogP contribution in [0.15, 0.2) is 47.4 Å². The van der Waals surface area contributed by atoms with Crippen molar-refractivity contribution in [3.05, 3.63) is 53.1 Å². The summed E-state index contributed by atoms with van der Waals surface area (Å²) >= 11 is 5.97. The third-order valence-electron chi connectivity index (χ3n) is 2.76. The fourth-order valence-corrected chi connectivity index (χ4v) is 2.53. The van der Waals surface area contributed by atoms with Crippen LogP contribution in [0.4, 0.5) is 11.4 Å². The SMILES string of the molecule is CS(=O)(=O)c1cccc(C(=O)Nc2cc(N)ccc2Cl)c1. The van der Waals surface area contributed by atoms with Crippen LogP contribution in [0.25, 0.3) is 0 Å². The number of anilines is 2. The second-order valence-corrected chi connectivity index (χ2v) is 6.92. The predicted octanol–water partition coefficient (Wildman–Crippen LogP) is 2.58. The van der Waals surface area contributed by atoms with Crippen molar-refractivity contribution in [3.63, 3.8) is 0 Å². The number of amides is 1. The molecule has 0 saturated carbocycles. The molecule has 21 heavy (non-hydrogen) atoms. The molecule has 0 bridgehead atoms. The van der Waals surface area contributed by atoms with E-state index in [1.54, 1.807) is 12.1 Å². The highest BCUT2D eigenvalue weighted by Crippen LogP contribution is 2.24. The van der Waals surface area contributed by atoms with E-state index < -0.39 is 15.7 Å². The van der Waals surface area contributed by atoms with Crippen LogP contribution >= 0.6 is 11.6 Å². The Morgan fingerprint density at radius 3 is 2.57 bits per heavy atom. The second-order valence-electron chi connectivity index (χ2n) is 4.49. The van der Waals surface area contributed by atoms with Crippen LogP contribution < -0.4 is 11.1 Å². The number of sulfone groups is 1. The Bertz CT molecular complexity index is 804. The van der Waals surface area contributed by atoms with E-state index in [-0.39, 0.29) is 10.5 Å². The Hall–Kier alpha value is -2.05. The zero-order valence-corrected chi connectivity index (χ0v) is 12.7. The first-order chi connectivity index (χ1) is 9.77. The molecular weight excluding hydrogens is 312 g/mol. The summed E-state index contributed by atoms with van der Waals surface area (Å²) in [6.45, 7) is 0. The van der Waals surface area contributed by atoms with Crippen molar-refractivity contribution < 1.29 is 13.2 Å². The minimum Gasteiger partial charge on any atom is -0.399 e. The molecule has 0 aliphatic heterocycles. The average molecular weight is 325 g/mol. The lowest BCUT2D eigenvalue weighted by atomic mass is 10.2. The van der Waals surface area contributed by atoms with Gasteiger partial charge in [-0.1, -0.05) is 17.7 Å². The van der Waals surface area contributed by atoms with Crippen molar-refractivity contribution in [3.8, 4) is 0 Å². The molecule has 0 radical (unpaired) electrons. The monoisotopic (exact) mass is 324 g/mol. The number of hydrogen-bond donors (Lipinski definition) is 2. The number of carbonyl (C=O) groups is 1. The molecule has 110 valence electrons. The molecule has 0 spiro atoms. The van der Waals surface area contributed by atoms with Gasteiger partial charge in [0.05, 0.1) is 15.6 Å². The van der Waals surface area contributed by atoms with Gasteiger partial charge in [0.2, 0.25) is 0 Å². The first-order valence-corrected chi connectivity index (χ1v) is 8.21. The Labute approximate surface area is 127 Å². The number of nitrogen functional groups attached to an aromatic ring is 1. The molecular formula is C14H13ClN2O3S. The molecule has 0 atom stereocenters. The summed E-state index contributed by atoms with van der Waals surface area (Å²) in [5.74, 6) is -0.465. The van der Waals surface area contributed by atoms with Gasteiger partial charge in [-0.2, -0.15) is 0 Å². The van der Waals surface area contributed by atoms with Gasteiger partial charge in [-0.15, -0.1) is 0 Å². The van der Waals surface area contributed by atoms with Gasteiger partial charge in [0, 0.05) is 17.5 Å². The highest BCUT2D eigenvalue weighted by Gasteiger charge is 2.13. The summed E-state index contributed by atoms with van der Waals surface area (Å²) in [4.78, 5) is 12.2. The molecule has 0 aliphatic rings. The highest BCUT2D eigenvalue weighted by molar-refractivity contribution is 7.90. The summed E-state index contributed by atoms with van der Waals surface area (Å²) in [5, 5.41) is 2.94. The van der Waals surface area contributed by atoms with Gasteiger partial charge in [-0.05, 0) is 36.4 Å². The molecule has 0 fully saturated rings. The Morgan fingerprint density at radius 1 is 1.19 bits per heavy atom. The lowest BCUT2D eigenvalue weighted by molar-refractivity contribution is 0.102. The summed E-state index contributed by atoms with van der Waals surface area (Å²) < 4.78 is 23.0. The second kappa shape index (κ2) is 5.75. The van der Waals surface area contributed by atoms with Crippen LogP contribution in [0.5, 0.6) is 0 Å². The molecule has 0 aromatic heterocycles. The van der Waals surface area contributed by atoms with Crippen LogP contribution in [-0.4, -0.2) is 20.6 Å². The lowest BCUT2D eigenvalue weighted by Crippen LogP contribution is -2.13. The molecule has 2 aromatic rings. The maximum atomic E-state index is 12.2. The maximum absolute atomic E-state index is 12.2. The number of hydrogen-bond acceptors (Lipinski definition) is 4. The van der Waals surface area contributed by atoms with Crippen LogP contribution in [0.2, 0.25) is 5.02 Å². The molecule has 0 saturated heterocycles. The number of nitrogens with one attached hydrogen (secondary N) is 1. The lowest BCUT2D eigenvalue weighted by Gasteiger charge is -2.09. The van der Waals surface area contributed by atoms with Crippen LogP contribution in [-0.2, 0) is 9.84 Å². The Balaban J connectivity index is 2.31. The molecule has 0 heterocycles. The summed E-state index contributed by atoms with van der Waals surface area (Å²) in [6, 6.07) is 10.5. The van der Waals surface area contributed by atoms with E-state index >= 15 is 0 Å². The summed E-state index contributed by atoms with van der Waals surface area (Å²) in [5.41, 5.74) is 6.68. The molecule has 7 heteroatoms. The number of halogens is 1. The largest absolute Gasteiger partial charge is 0.399 e. The smallest absolute Gasteiger partial charge is 0.255 e. The molecule has 1 amide bonds. The van der Waals surface area contributed by atoms with E-state index in [1.165, 1.54) is 30.3 Å². The van der Waals surface area contributed by atoms with Gasteiger partial charge in [-0.3, -0.25) is 4.79 Å². The molecule has 5 nitrogen and oxygen atoms in total. The molecule has 3 N–H and O–H groups in total. The van der Waals surface area contributed by atoms with Crippen molar-refractivity contribution in [2.45, 2.75) is 4.90 Å². The van der Waals surface area contributed by atoms with Crippen LogP contribution in [0.3, 0.4) is 0 Å². The van der Waals surface area contributed by atoms with Crippen molar-refractivity contribution in [2.24, 2.45) is 0 Å². The molecule has 0 aliphatic carbocycles. The van der Waals surface area contributed by atoms with E-state index in [2.05, 4.69) is 5.32 Å². The average Bonchev–Trinajstić information content (AvgIpc) is 2.42. The maximum Gasteiger partial charge on any atom is 0.255 e. The van der Waals surface area contributed by atoms with Gasteiger partial charge >= 0.3 is 0 Å². The third-order valence-corrected chi connectivity index (χ3v) is 4.20. The third kappa shape index (κ3) is 3.74. The van der Waals surface area contributed by atoms with E-state index in [0.29, 0.717) is 16.4 Å². The number of nitrogens with two attached hydrogens (primary N) is 1. The normalized spacial score (nSPS) is 11.1. The highest BCUT2D eigenvalue weighted by atomic mass is 35.5. The van der Waals surface area contributed by atoms with E-state index in [4.69, 9.17) is 17.3 Å². The quantitative estimate of drug-likeness (QED) is 0.849. The number of rotatable bonds is 3. The van der Waals surface area contributed by atoms with E-state index in [0.717, 1.165) is 6.26 Å². The fourth-order valence-electron chi connectivity index (χ4n) is 1.70. The Morgan fingerprint density at radius 2 is 1.90 bits per heavy atom. The van der Waals surface area contributed by atoms with Crippen LogP contribution in [0, 0.1) is 0 Å². The first-order valence-electron chi connectivity index (χ1n) is 5.94. The molecule has 2 rings (SSSR count). The number of benzene rings is 2.